The Morgan fingerprint density at radius 3 is 2.62 bits per heavy atom. The van der Waals surface area contributed by atoms with Crippen molar-refractivity contribution in [1.82, 2.24) is 20.2 Å². The fourth-order valence-corrected chi connectivity index (χ4v) is 2.44. The van der Waals surface area contributed by atoms with Gasteiger partial charge in [0, 0.05) is 11.3 Å². The van der Waals surface area contributed by atoms with Gasteiger partial charge in [0.1, 0.15) is 0 Å². The van der Waals surface area contributed by atoms with Crippen LogP contribution in [0, 0.1) is 20.8 Å². The summed E-state index contributed by atoms with van der Waals surface area (Å²) in [6.07, 6.45) is 0. The van der Waals surface area contributed by atoms with Crippen LogP contribution in [-0.2, 0) is 0 Å². The second-order valence-electron chi connectivity index (χ2n) is 5.27. The number of hydrogen-bond donors (Lipinski definition) is 1. The van der Waals surface area contributed by atoms with E-state index in [1.165, 1.54) is 5.56 Å². The molecular weight excluding hydrogens is 262 g/mol. The quantitative estimate of drug-likeness (QED) is 0.732. The SMILES string of the molecule is Cc1cc(N)cc(-c2nnnn2-c2cccc(C)c2C)c1. The summed E-state index contributed by atoms with van der Waals surface area (Å²) in [7, 11) is 0. The van der Waals surface area contributed by atoms with Crippen molar-refractivity contribution < 1.29 is 0 Å². The van der Waals surface area contributed by atoms with E-state index in [0.29, 0.717) is 11.5 Å². The van der Waals surface area contributed by atoms with Crippen molar-refractivity contribution in [2.24, 2.45) is 0 Å². The lowest BCUT2D eigenvalue weighted by Crippen LogP contribution is -2.03. The van der Waals surface area contributed by atoms with Crippen LogP contribution in [0.3, 0.4) is 0 Å². The van der Waals surface area contributed by atoms with E-state index in [1.54, 1.807) is 4.68 Å². The van der Waals surface area contributed by atoms with E-state index in [4.69, 9.17) is 5.73 Å². The highest BCUT2D eigenvalue weighted by molar-refractivity contribution is 5.64. The first kappa shape index (κ1) is 13.3. The summed E-state index contributed by atoms with van der Waals surface area (Å²) in [5.41, 5.74) is 12.0. The normalized spacial score (nSPS) is 10.8. The number of nitrogens with zero attached hydrogens (tertiary/aromatic N) is 4. The number of rotatable bonds is 2. The molecule has 0 atom stereocenters. The third-order valence-electron chi connectivity index (χ3n) is 3.63. The number of benzene rings is 2. The fraction of sp³-hybridized carbons (Fsp3) is 0.188. The Hall–Kier alpha value is -2.69. The molecule has 0 amide bonds. The van der Waals surface area contributed by atoms with Gasteiger partial charge >= 0.3 is 0 Å². The minimum atomic E-state index is 0.694. The number of tetrazole rings is 1. The number of nitrogens with two attached hydrogens (primary N) is 1. The fourth-order valence-electron chi connectivity index (χ4n) is 2.44. The van der Waals surface area contributed by atoms with Gasteiger partial charge < -0.3 is 5.73 Å². The van der Waals surface area contributed by atoms with Gasteiger partial charge in [-0.2, -0.15) is 4.68 Å². The highest BCUT2D eigenvalue weighted by atomic mass is 15.5. The maximum atomic E-state index is 5.93. The number of aromatic nitrogens is 4. The molecule has 1 heterocycles. The zero-order valence-corrected chi connectivity index (χ0v) is 12.3. The number of aryl methyl sites for hydroxylation is 2. The Morgan fingerprint density at radius 2 is 1.86 bits per heavy atom. The molecule has 3 aromatic rings. The molecule has 3 rings (SSSR count). The minimum Gasteiger partial charge on any atom is -0.399 e. The molecule has 0 aliphatic heterocycles. The lowest BCUT2D eigenvalue weighted by molar-refractivity contribution is 0.786. The van der Waals surface area contributed by atoms with Crippen LogP contribution in [0.25, 0.3) is 17.1 Å². The average molecular weight is 279 g/mol. The Bertz CT molecular complexity index is 784. The summed E-state index contributed by atoms with van der Waals surface area (Å²) in [5.74, 6) is 0.694. The molecule has 0 radical (unpaired) electrons. The topological polar surface area (TPSA) is 69.6 Å². The second kappa shape index (κ2) is 5.01. The summed E-state index contributed by atoms with van der Waals surface area (Å²) in [5, 5.41) is 12.1. The molecule has 21 heavy (non-hydrogen) atoms. The van der Waals surface area contributed by atoms with Crippen molar-refractivity contribution >= 4 is 5.69 Å². The highest BCUT2D eigenvalue weighted by Gasteiger charge is 2.13. The first-order valence-electron chi connectivity index (χ1n) is 6.79. The molecular formula is C16H17N5. The zero-order valence-electron chi connectivity index (χ0n) is 12.3. The Labute approximate surface area is 123 Å². The van der Waals surface area contributed by atoms with Crippen molar-refractivity contribution in [3.8, 4) is 17.1 Å². The highest BCUT2D eigenvalue weighted by Crippen LogP contribution is 2.25. The van der Waals surface area contributed by atoms with Gasteiger partial charge in [0.15, 0.2) is 5.82 Å². The van der Waals surface area contributed by atoms with E-state index in [9.17, 15) is 0 Å². The summed E-state index contributed by atoms with van der Waals surface area (Å²) in [4.78, 5) is 0. The van der Waals surface area contributed by atoms with Crippen molar-refractivity contribution in [1.29, 1.82) is 0 Å². The molecule has 106 valence electrons. The van der Waals surface area contributed by atoms with Gasteiger partial charge in [0.25, 0.3) is 0 Å². The Morgan fingerprint density at radius 1 is 1.05 bits per heavy atom. The van der Waals surface area contributed by atoms with E-state index in [2.05, 4.69) is 35.4 Å². The number of anilines is 1. The molecule has 0 fully saturated rings. The van der Waals surface area contributed by atoms with Gasteiger partial charge in [0.05, 0.1) is 5.69 Å². The van der Waals surface area contributed by atoms with Crippen molar-refractivity contribution in [3.63, 3.8) is 0 Å². The zero-order chi connectivity index (χ0) is 15.0. The molecule has 0 unspecified atom stereocenters. The maximum Gasteiger partial charge on any atom is 0.187 e. The van der Waals surface area contributed by atoms with Gasteiger partial charge in [-0.1, -0.05) is 12.1 Å². The van der Waals surface area contributed by atoms with E-state index >= 15 is 0 Å². The lowest BCUT2D eigenvalue weighted by Gasteiger charge is -2.10. The molecule has 5 nitrogen and oxygen atoms in total. The van der Waals surface area contributed by atoms with Gasteiger partial charge in [-0.15, -0.1) is 5.10 Å². The van der Waals surface area contributed by atoms with Crippen LogP contribution in [0.1, 0.15) is 16.7 Å². The van der Waals surface area contributed by atoms with Crippen LogP contribution in [0.2, 0.25) is 0 Å². The molecule has 2 aromatic carbocycles. The smallest absolute Gasteiger partial charge is 0.187 e. The van der Waals surface area contributed by atoms with Gasteiger partial charge in [-0.3, -0.25) is 0 Å². The van der Waals surface area contributed by atoms with Gasteiger partial charge in [-0.05, 0) is 72.2 Å². The Kier molecular flexibility index (Phi) is 3.17. The molecule has 0 bridgehead atoms. The standard InChI is InChI=1S/C16H17N5/c1-10-7-13(9-14(17)8-10)16-18-19-20-21(16)15-6-4-5-11(2)12(15)3/h4-9H,17H2,1-3H3. The molecule has 2 N–H and O–H groups in total. The number of hydrogen-bond acceptors (Lipinski definition) is 4. The summed E-state index contributed by atoms with van der Waals surface area (Å²) >= 11 is 0. The largest absolute Gasteiger partial charge is 0.399 e. The monoisotopic (exact) mass is 279 g/mol. The van der Waals surface area contributed by atoms with Crippen molar-refractivity contribution in [2.75, 3.05) is 5.73 Å². The molecule has 0 aliphatic rings. The first-order chi connectivity index (χ1) is 10.1. The van der Waals surface area contributed by atoms with E-state index in [-0.39, 0.29) is 0 Å². The van der Waals surface area contributed by atoms with Crippen LogP contribution in [0.15, 0.2) is 36.4 Å². The van der Waals surface area contributed by atoms with Crippen LogP contribution in [-0.4, -0.2) is 20.2 Å². The third kappa shape index (κ3) is 2.38. The predicted octanol–water partition coefficient (Wildman–Crippen LogP) is 2.84. The third-order valence-corrected chi connectivity index (χ3v) is 3.63. The molecule has 1 aromatic heterocycles. The van der Waals surface area contributed by atoms with E-state index in [1.807, 2.05) is 37.3 Å². The van der Waals surface area contributed by atoms with Crippen LogP contribution >= 0.6 is 0 Å². The molecule has 0 spiro atoms. The second-order valence-corrected chi connectivity index (χ2v) is 5.27. The average Bonchev–Trinajstić information content (AvgIpc) is 2.90. The molecule has 0 saturated heterocycles. The van der Waals surface area contributed by atoms with E-state index in [0.717, 1.165) is 22.4 Å². The van der Waals surface area contributed by atoms with Crippen molar-refractivity contribution in [2.45, 2.75) is 20.8 Å². The van der Waals surface area contributed by atoms with Gasteiger partial charge in [-0.25, -0.2) is 0 Å². The predicted molar refractivity (Wildman–Crippen MR) is 83.2 cm³/mol. The van der Waals surface area contributed by atoms with E-state index < -0.39 is 0 Å². The molecule has 0 aliphatic carbocycles. The molecule has 0 saturated carbocycles. The van der Waals surface area contributed by atoms with Gasteiger partial charge in [0.2, 0.25) is 0 Å². The van der Waals surface area contributed by atoms with Crippen LogP contribution in [0.5, 0.6) is 0 Å². The first-order valence-corrected chi connectivity index (χ1v) is 6.79. The van der Waals surface area contributed by atoms with Crippen LogP contribution in [0.4, 0.5) is 5.69 Å². The lowest BCUT2D eigenvalue weighted by atomic mass is 10.1. The number of nitrogen functional groups attached to an aromatic ring is 1. The Balaban J connectivity index is 2.19. The molecule has 5 heteroatoms. The maximum absolute atomic E-state index is 5.93. The van der Waals surface area contributed by atoms with Crippen molar-refractivity contribution in [3.05, 3.63) is 53.1 Å². The summed E-state index contributed by atoms with van der Waals surface area (Å²) in [6, 6.07) is 11.9. The van der Waals surface area contributed by atoms with Crippen LogP contribution < -0.4 is 5.73 Å². The minimum absolute atomic E-state index is 0.694. The summed E-state index contributed by atoms with van der Waals surface area (Å²) in [6.45, 7) is 6.15. The summed E-state index contributed by atoms with van der Waals surface area (Å²) < 4.78 is 1.76.